The Bertz CT molecular complexity index is 419. The molecule has 1 atom stereocenters. The molecule has 0 aromatic heterocycles. The van der Waals surface area contributed by atoms with Crippen LogP contribution < -0.4 is 20.5 Å². The zero-order valence-electron chi connectivity index (χ0n) is 11.2. The van der Waals surface area contributed by atoms with Gasteiger partial charge in [-0.15, -0.1) is 0 Å². The zero-order valence-corrected chi connectivity index (χ0v) is 11.2. The Kier molecular flexibility index (Phi) is 4.97. The highest BCUT2D eigenvalue weighted by Crippen LogP contribution is 2.29. The van der Waals surface area contributed by atoms with E-state index in [4.69, 9.17) is 15.2 Å². The zero-order chi connectivity index (χ0) is 13.7. The van der Waals surface area contributed by atoms with Crippen LogP contribution in [0.25, 0.3) is 0 Å². The SMILES string of the molecule is COc1ccc(OC)c(NC(=O)[C@H](N)C(C)C)c1. The molecule has 0 spiro atoms. The third kappa shape index (κ3) is 3.37. The van der Waals surface area contributed by atoms with E-state index in [2.05, 4.69) is 5.32 Å². The van der Waals surface area contributed by atoms with Crippen LogP contribution in [0.2, 0.25) is 0 Å². The van der Waals surface area contributed by atoms with E-state index in [1.54, 1.807) is 32.4 Å². The minimum Gasteiger partial charge on any atom is -0.497 e. The molecule has 1 amide bonds. The van der Waals surface area contributed by atoms with Crippen molar-refractivity contribution in [3.05, 3.63) is 18.2 Å². The molecule has 0 heterocycles. The van der Waals surface area contributed by atoms with Gasteiger partial charge >= 0.3 is 0 Å². The Morgan fingerprint density at radius 1 is 1.28 bits per heavy atom. The van der Waals surface area contributed by atoms with E-state index < -0.39 is 6.04 Å². The molecule has 100 valence electrons. The van der Waals surface area contributed by atoms with E-state index in [-0.39, 0.29) is 11.8 Å². The molecule has 1 rings (SSSR count). The van der Waals surface area contributed by atoms with Gasteiger partial charge in [-0.3, -0.25) is 4.79 Å². The molecule has 3 N–H and O–H groups in total. The lowest BCUT2D eigenvalue weighted by Crippen LogP contribution is -2.39. The maximum atomic E-state index is 11.9. The normalized spacial score (nSPS) is 12.1. The first-order chi connectivity index (χ1) is 8.49. The summed E-state index contributed by atoms with van der Waals surface area (Å²) in [4.78, 5) is 11.9. The molecule has 0 aliphatic rings. The Morgan fingerprint density at radius 2 is 1.94 bits per heavy atom. The van der Waals surface area contributed by atoms with Crippen LogP contribution in [0.4, 0.5) is 5.69 Å². The van der Waals surface area contributed by atoms with E-state index in [0.717, 1.165) is 0 Å². The lowest BCUT2D eigenvalue weighted by atomic mass is 10.0. The van der Waals surface area contributed by atoms with Crippen LogP contribution in [0.3, 0.4) is 0 Å². The second kappa shape index (κ2) is 6.26. The van der Waals surface area contributed by atoms with Crippen molar-refractivity contribution in [3.8, 4) is 11.5 Å². The minimum absolute atomic E-state index is 0.0709. The van der Waals surface area contributed by atoms with Gasteiger partial charge in [-0.05, 0) is 18.1 Å². The van der Waals surface area contributed by atoms with Crippen LogP contribution in [0, 0.1) is 5.92 Å². The van der Waals surface area contributed by atoms with Gasteiger partial charge in [0.1, 0.15) is 11.5 Å². The largest absolute Gasteiger partial charge is 0.497 e. The second-order valence-electron chi connectivity index (χ2n) is 4.33. The second-order valence-corrected chi connectivity index (χ2v) is 4.33. The van der Waals surface area contributed by atoms with Crippen LogP contribution >= 0.6 is 0 Å². The van der Waals surface area contributed by atoms with Gasteiger partial charge in [0.25, 0.3) is 0 Å². The summed E-state index contributed by atoms with van der Waals surface area (Å²) in [7, 11) is 3.10. The first-order valence-corrected chi connectivity index (χ1v) is 5.78. The van der Waals surface area contributed by atoms with Crippen LogP contribution in [0.5, 0.6) is 11.5 Å². The number of rotatable bonds is 5. The number of amides is 1. The van der Waals surface area contributed by atoms with Gasteiger partial charge in [-0.25, -0.2) is 0 Å². The summed E-state index contributed by atoms with van der Waals surface area (Å²) in [6.45, 7) is 3.79. The smallest absolute Gasteiger partial charge is 0.241 e. The van der Waals surface area contributed by atoms with Crippen molar-refractivity contribution < 1.29 is 14.3 Å². The lowest BCUT2D eigenvalue weighted by molar-refractivity contribution is -0.118. The number of anilines is 1. The van der Waals surface area contributed by atoms with E-state index >= 15 is 0 Å². The summed E-state index contributed by atoms with van der Waals surface area (Å²) in [6, 6.07) is 4.64. The molecule has 1 aromatic carbocycles. The molecule has 0 aliphatic heterocycles. The van der Waals surface area contributed by atoms with Gasteiger partial charge in [0, 0.05) is 6.07 Å². The summed E-state index contributed by atoms with van der Waals surface area (Å²) in [5, 5.41) is 2.75. The molecule has 0 radical (unpaired) electrons. The van der Waals surface area contributed by atoms with Crippen LogP contribution in [-0.2, 0) is 4.79 Å². The van der Waals surface area contributed by atoms with Crippen LogP contribution in [0.15, 0.2) is 18.2 Å². The predicted molar refractivity (Wildman–Crippen MR) is 71.0 cm³/mol. The number of nitrogens with one attached hydrogen (secondary N) is 1. The quantitative estimate of drug-likeness (QED) is 0.835. The Morgan fingerprint density at radius 3 is 2.44 bits per heavy atom. The molecule has 5 heteroatoms. The highest BCUT2D eigenvalue weighted by Gasteiger charge is 2.18. The van der Waals surface area contributed by atoms with Crippen LogP contribution in [0.1, 0.15) is 13.8 Å². The molecule has 0 bridgehead atoms. The van der Waals surface area contributed by atoms with E-state index in [1.807, 2.05) is 13.8 Å². The minimum atomic E-state index is -0.555. The Labute approximate surface area is 107 Å². The Hall–Kier alpha value is -1.75. The average Bonchev–Trinajstić information content (AvgIpc) is 2.37. The van der Waals surface area contributed by atoms with E-state index in [1.165, 1.54) is 0 Å². The van der Waals surface area contributed by atoms with Gasteiger partial charge < -0.3 is 20.5 Å². The number of carbonyl (C=O) groups excluding carboxylic acids is 1. The maximum Gasteiger partial charge on any atom is 0.241 e. The molecule has 0 unspecified atom stereocenters. The number of hydrogen-bond donors (Lipinski definition) is 2. The summed E-state index contributed by atoms with van der Waals surface area (Å²) in [6.07, 6.45) is 0. The molecule has 0 fully saturated rings. The van der Waals surface area contributed by atoms with Gasteiger partial charge in [-0.2, -0.15) is 0 Å². The highest BCUT2D eigenvalue weighted by molar-refractivity contribution is 5.96. The summed E-state index contributed by atoms with van der Waals surface area (Å²) in [5.41, 5.74) is 6.34. The fourth-order valence-electron chi connectivity index (χ4n) is 1.43. The van der Waals surface area contributed by atoms with Gasteiger partial charge in [0.15, 0.2) is 0 Å². The van der Waals surface area contributed by atoms with Crippen molar-refractivity contribution in [3.63, 3.8) is 0 Å². The fraction of sp³-hybridized carbons (Fsp3) is 0.462. The first-order valence-electron chi connectivity index (χ1n) is 5.78. The topological polar surface area (TPSA) is 73.6 Å². The van der Waals surface area contributed by atoms with E-state index in [0.29, 0.717) is 17.2 Å². The fourth-order valence-corrected chi connectivity index (χ4v) is 1.43. The average molecular weight is 252 g/mol. The van der Waals surface area contributed by atoms with Gasteiger partial charge in [0.05, 0.1) is 25.9 Å². The number of methoxy groups -OCH3 is 2. The maximum absolute atomic E-state index is 11.9. The molecule has 18 heavy (non-hydrogen) atoms. The third-order valence-electron chi connectivity index (χ3n) is 2.69. The number of nitrogens with two attached hydrogens (primary N) is 1. The summed E-state index contributed by atoms with van der Waals surface area (Å²) in [5.74, 6) is 1.04. The molecule has 5 nitrogen and oxygen atoms in total. The molecule has 0 saturated carbocycles. The van der Waals surface area contributed by atoms with Gasteiger partial charge in [0.2, 0.25) is 5.91 Å². The molecular formula is C13H20N2O3. The van der Waals surface area contributed by atoms with Crippen LogP contribution in [-0.4, -0.2) is 26.2 Å². The molecular weight excluding hydrogens is 232 g/mol. The highest BCUT2D eigenvalue weighted by atomic mass is 16.5. The first kappa shape index (κ1) is 14.3. The molecule has 1 aromatic rings. The van der Waals surface area contributed by atoms with Crippen molar-refractivity contribution in [2.24, 2.45) is 11.7 Å². The molecule has 0 saturated heterocycles. The van der Waals surface area contributed by atoms with Crippen molar-refractivity contribution in [1.82, 2.24) is 0 Å². The standard InChI is InChI=1S/C13H20N2O3/c1-8(2)12(14)13(16)15-10-7-9(17-3)5-6-11(10)18-4/h5-8,12H,14H2,1-4H3,(H,15,16)/t12-/m1/s1. The number of hydrogen-bond acceptors (Lipinski definition) is 4. The summed E-state index contributed by atoms with van der Waals surface area (Å²) < 4.78 is 10.3. The van der Waals surface area contributed by atoms with Crippen molar-refractivity contribution >= 4 is 11.6 Å². The summed E-state index contributed by atoms with van der Waals surface area (Å²) >= 11 is 0. The van der Waals surface area contributed by atoms with E-state index in [9.17, 15) is 4.79 Å². The number of ether oxygens (including phenoxy) is 2. The number of benzene rings is 1. The lowest BCUT2D eigenvalue weighted by Gasteiger charge is -2.17. The Balaban J connectivity index is 2.91. The predicted octanol–water partition coefficient (Wildman–Crippen LogP) is 1.63. The van der Waals surface area contributed by atoms with Crippen molar-refractivity contribution in [2.45, 2.75) is 19.9 Å². The molecule has 0 aliphatic carbocycles. The number of carbonyl (C=O) groups is 1. The van der Waals surface area contributed by atoms with Crippen molar-refractivity contribution in [2.75, 3.05) is 19.5 Å². The van der Waals surface area contributed by atoms with Gasteiger partial charge in [-0.1, -0.05) is 13.8 Å². The van der Waals surface area contributed by atoms with Crippen molar-refractivity contribution in [1.29, 1.82) is 0 Å². The monoisotopic (exact) mass is 252 g/mol. The third-order valence-corrected chi connectivity index (χ3v) is 2.69.